The van der Waals surface area contributed by atoms with Crippen LogP contribution >= 0.6 is 23.2 Å². The summed E-state index contributed by atoms with van der Waals surface area (Å²) in [6.07, 6.45) is 1.04. The Balaban J connectivity index is 1.55. The minimum absolute atomic E-state index is 0.245. The molecule has 0 radical (unpaired) electrons. The Hall–Kier alpha value is -1.77. The van der Waals surface area contributed by atoms with Crippen molar-refractivity contribution in [1.82, 2.24) is 9.88 Å². The quantitative estimate of drug-likeness (QED) is 0.676. The van der Waals surface area contributed by atoms with E-state index in [0.717, 1.165) is 16.7 Å². The largest absolute Gasteiger partial charge is 0.379 e. The second kappa shape index (κ2) is 8.30. The van der Waals surface area contributed by atoms with E-state index in [0.29, 0.717) is 5.69 Å². The lowest BCUT2D eigenvalue weighted by molar-refractivity contribution is -0.186. The van der Waals surface area contributed by atoms with Gasteiger partial charge in [-0.15, -0.1) is 0 Å². The van der Waals surface area contributed by atoms with Crippen molar-refractivity contribution in [2.75, 3.05) is 19.9 Å². The van der Waals surface area contributed by atoms with E-state index >= 15 is 0 Å². The molecular formula is C22H23Cl2FN2O4. The summed E-state index contributed by atoms with van der Waals surface area (Å²) in [6.45, 7) is 3.07. The second-order valence-corrected chi connectivity index (χ2v) is 9.39. The predicted molar refractivity (Wildman–Crippen MR) is 114 cm³/mol. The summed E-state index contributed by atoms with van der Waals surface area (Å²) >= 11 is 11.5. The lowest BCUT2D eigenvalue weighted by atomic mass is 9.95. The number of hydrogen-bond donors (Lipinski definition) is 1. The Bertz CT molecular complexity index is 949. The lowest BCUT2D eigenvalue weighted by Crippen LogP contribution is -2.50. The highest BCUT2D eigenvalue weighted by molar-refractivity contribution is 6.53. The number of halogens is 3. The fraction of sp³-hybridized carbons (Fsp3) is 0.455. The van der Waals surface area contributed by atoms with Gasteiger partial charge in [-0.1, -0.05) is 53.5 Å². The van der Waals surface area contributed by atoms with E-state index in [1.807, 2.05) is 30.3 Å². The molecule has 2 aliphatic heterocycles. The topological polar surface area (TPSA) is 71.9 Å². The number of carbonyl (C=O) groups excluding carboxylic acids is 1. The van der Waals surface area contributed by atoms with E-state index in [9.17, 15) is 14.3 Å². The lowest BCUT2D eigenvalue weighted by Gasteiger charge is -2.35. The second-order valence-electron chi connectivity index (χ2n) is 8.29. The van der Waals surface area contributed by atoms with Crippen molar-refractivity contribution in [2.24, 2.45) is 0 Å². The molecule has 2 unspecified atom stereocenters. The van der Waals surface area contributed by atoms with Crippen LogP contribution in [0.3, 0.4) is 0 Å². The molecule has 166 valence electrons. The molecule has 1 aromatic heterocycles. The normalized spacial score (nSPS) is 24.3. The van der Waals surface area contributed by atoms with E-state index in [1.54, 1.807) is 26.1 Å². The molecule has 1 amide bonds. The monoisotopic (exact) mass is 468 g/mol. The molecule has 6 nitrogen and oxygen atoms in total. The molecule has 0 spiro atoms. The number of hydrogen-bond acceptors (Lipinski definition) is 5. The van der Waals surface area contributed by atoms with E-state index in [2.05, 4.69) is 4.98 Å². The average Bonchev–Trinajstić information content (AvgIpc) is 3.01. The average molecular weight is 469 g/mol. The zero-order valence-corrected chi connectivity index (χ0v) is 18.6. The fourth-order valence-corrected chi connectivity index (χ4v) is 4.31. The molecule has 31 heavy (non-hydrogen) atoms. The van der Waals surface area contributed by atoms with Crippen LogP contribution in [-0.4, -0.2) is 57.4 Å². The number of amides is 1. The third kappa shape index (κ3) is 4.05. The molecule has 2 atom stereocenters. The molecule has 2 aromatic rings. The molecule has 0 saturated carbocycles. The van der Waals surface area contributed by atoms with E-state index in [-0.39, 0.29) is 13.2 Å². The molecule has 1 aromatic carbocycles. The zero-order valence-electron chi connectivity index (χ0n) is 17.1. The first-order chi connectivity index (χ1) is 14.7. The van der Waals surface area contributed by atoms with E-state index in [1.165, 1.54) is 4.90 Å². The van der Waals surface area contributed by atoms with Gasteiger partial charge in [0, 0.05) is 11.8 Å². The van der Waals surface area contributed by atoms with Crippen LogP contribution in [0.15, 0.2) is 42.6 Å². The van der Waals surface area contributed by atoms with Gasteiger partial charge in [0.1, 0.15) is 18.5 Å². The number of rotatable bonds is 5. The summed E-state index contributed by atoms with van der Waals surface area (Å²) in [5, 5.41) is 10.3. The Labute approximate surface area is 189 Å². The minimum atomic E-state index is -1.29. The zero-order chi connectivity index (χ0) is 22.4. The Kier molecular flexibility index (Phi) is 6.00. The van der Waals surface area contributed by atoms with Gasteiger partial charge in [0.2, 0.25) is 0 Å². The maximum atomic E-state index is 14.0. The first-order valence-corrected chi connectivity index (χ1v) is 10.8. The Morgan fingerprint density at radius 1 is 1.23 bits per heavy atom. The molecular weight excluding hydrogens is 446 g/mol. The van der Waals surface area contributed by atoms with Gasteiger partial charge in [-0.05, 0) is 31.0 Å². The van der Waals surface area contributed by atoms with Gasteiger partial charge in [0.25, 0.3) is 5.91 Å². The highest BCUT2D eigenvalue weighted by Gasteiger charge is 2.51. The Morgan fingerprint density at radius 3 is 2.35 bits per heavy atom. The molecule has 2 saturated heterocycles. The van der Waals surface area contributed by atoms with Crippen LogP contribution in [-0.2, 0) is 19.9 Å². The van der Waals surface area contributed by atoms with Crippen LogP contribution in [0, 0.1) is 0 Å². The SMILES string of the molecule is CC1(C)OC(c2ccc(-c3ccc(C4(O)COC4)nc3)cc2)C(CF)N1C(=O)C(Cl)Cl. The van der Waals surface area contributed by atoms with Crippen molar-refractivity contribution in [2.45, 2.75) is 42.2 Å². The van der Waals surface area contributed by atoms with Gasteiger partial charge < -0.3 is 19.5 Å². The van der Waals surface area contributed by atoms with Crippen molar-refractivity contribution in [3.05, 3.63) is 53.9 Å². The molecule has 0 bridgehead atoms. The number of ether oxygens (including phenoxy) is 2. The molecule has 2 aliphatic rings. The maximum Gasteiger partial charge on any atom is 0.258 e. The summed E-state index contributed by atoms with van der Waals surface area (Å²) in [6, 6.07) is 10.3. The van der Waals surface area contributed by atoms with Gasteiger partial charge in [0.05, 0.1) is 24.9 Å². The summed E-state index contributed by atoms with van der Waals surface area (Å²) in [7, 11) is 0. The van der Waals surface area contributed by atoms with Crippen molar-refractivity contribution < 1.29 is 23.8 Å². The third-order valence-electron chi connectivity index (χ3n) is 5.75. The first kappa shape index (κ1) is 22.4. The standard InChI is InChI=1S/C22H23Cl2FN2O4/c1-21(2)27(20(28)19(23)24)16(9-25)18(31-21)14-5-3-13(4-6-14)15-7-8-17(26-10-15)22(29)11-30-12-22/h3-8,10,16,18-19,29H,9,11-12H2,1-2H3. The third-order valence-corrected chi connectivity index (χ3v) is 6.13. The molecule has 2 fully saturated rings. The van der Waals surface area contributed by atoms with Crippen molar-refractivity contribution in [1.29, 1.82) is 0 Å². The van der Waals surface area contributed by atoms with Crippen LogP contribution in [0.1, 0.15) is 31.2 Å². The molecule has 1 N–H and O–H groups in total. The fourth-order valence-electron chi connectivity index (χ4n) is 4.10. The summed E-state index contributed by atoms with van der Waals surface area (Å²) < 4.78 is 25.1. The number of aliphatic hydroxyl groups is 1. The van der Waals surface area contributed by atoms with Gasteiger partial charge in [-0.25, -0.2) is 4.39 Å². The van der Waals surface area contributed by atoms with Gasteiger partial charge in [-0.2, -0.15) is 0 Å². The van der Waals surface area contributed by atoms with Crippen LogP contribution in [0.25, 0.3) is 11.1 Å². The van der Waals surface area contributed by atoms with Crippen LogP contribution in [0.5, 0.6) is 0 Å². The maximum absolute atomic E-state index is 14.0. The van der Waals surface area contributed by atoms with Crippen molar-refractivity contribution >= 4 is 29.1 Å². The summed E-state index contributed by atoms with van der Waals surface area (Å²) in [5.41, 5.74) is 1.03. The number of carbonyl (C=O) groups is 1. The highest BCUT2D eigenvalue weighted by atomic mass is 35.5. The smallest absolute Gasteiger partial charge is 0.258 e. The van der Waals surface area contributed by atoms with Crippen LogP contribution in [0.4, 0.5) is 4.39 Å². The number of pyridine rings is 1. The molecule has 4 rings (SSSR count). The van der Waals surface area contributed by atoms with Crippen molar-refractivity contribution in [3.8, 4) is 11.1 Å². The Morgan fingerprint density at radius 2 is 1.87 bits per heavy atom. The summed E-state index contributed by atoms with van der Waals surface area (Å²) in [5.74, 6) is -0.584. The van der Waals surface area contributed by atoms with Crippen LogP contribution in [0.2, 0.25) is 0 Å². The van der Waals surface area contributed by atoms with Crippen molar-refractivity contribution in [3.63, 3.8) is 0 Å². The van der Waals surface area contributed by atoms with E-state index in [4.69, 9.17) is 32.7 Å². The summed E-state index contributed by atoms with van der Waals surface area (Å²) in [4.78, 5) is 16.8. The predicted octanol–water partition coefficient (Wildman–Crippen LogP) is 3.74. The molecule has 9 heteroatoms. The number of benzene rings is 1. The minimum Gasteiger partial charge on any atom is -0.379 e. The first-order valence-electron chi connectivity index (χ1n) is 9.88. The number of nitrogens with zero attached hydrogens (tertiary/aromatic N) is 2. The van der Waals surface area contributed by atoms with E-state index < -0.39 is 40.9 Å². The van der Waals surface area contributed by atoms with Gasteiger partial charge >= 0.3 is 0 Å². The molecule has 0 aliphatic carbocycles. The number of alkyl halides is 3. The van der Waals surface area contributed by atoms with Crippen LogP contribution < -0.4 is 0 Å². The molecule has 3 heterocycles. The van der Waals surface area contributed by atoms with Gasteiger partial charge in [-0.3, -0.25) is 9.78 Å². The highest BCUT2D eigenvalue weighted by Crippen LogP contribution is 2.42. The number of aromatic nitrogens is 1. The van der Waals surface area contributed by atoms with Gasteiger partial charge in [0.15, 0.2) is 10.4 Å².